The van der Waals surface area contributed by atoms with E-state index in [1.54, 1.807) is 0 Å². The Morgan fingerprint density at radius 1 is 1.31 bits per heavy atom. The molecular weight excluding hydrogens is 200 g/mol. The summed E-state index contributed by atoms with van der Waals surface area (Å²) in [5.41, 5.74) is 0. The molecule has 5 atom stereocenters. The molecule has 2 nitrogen and oxygen atoms in total. The minimum absolute atomic E-state index is 0.0666. The lowest BCUT2D eigenvalue weighted by atomic mass is 9.77. The first-order valence-electron chi connectivity index (χ1n) is 6.74. The van der Waals surface area contributed by atoms with Crippen molar-refractivity contribution >= 4 is 5.97 Å². The lowest BCUT2D eigenvalue weighted by molar-refractivity contribution is -0.145. The minimum atomic E-state index is 0.0666. The van der Waals surface area contributed by atoms with Gasteiger partial charge in [0.2, 0.25) is 0 Å². The summed E-state index contributed by atoms with van der Waals surface area (Å²) in [7, 11) is 0. The Morgan fingerprint density at radius 2 is 2.00 bits per heavy atom. The van der Waals surface area contributed by atoms with Crippen molar-refractivity contribution in [1.29, 1.82) is 0 Å². The molecule has 5 unspecified atom stereocenters. The normalized spacial score (nSPS) is 41.7. The molecule has 16 heavy (non-hydrogen) atoms. The van der Waals surface area contributed by atoms with Gasteiger partial charge in [-0.3, -0.25) is 4.79 Å². The highest BCUT2D eigenvalue weighted by Gasteiger charge is 2.62. The molecular formula is C14H24O2. The van der Waals surface area contributed by atoms with Gasteiger partial charge in [0.05, 0.1) is 12.5 Å². The highest BCUT2D eigenvalue weighted by molar-refractivity contribution is 5.76. The highest BCUT2D eigenvalue weighted by Crippen LogP contribution is 2.62. The maximum atomic E-state index is 11.9. The van der Waals surface area contributed by atoms with Gasteiger partial charge in [0.1, 0.15) is 0 Å². The van der Waals surface area contributed by atoms with E-state index in [0.29, 0.717) is 24.4 Å². The SMILES string of the molecule is CCOC(=O)C1C2C(C)CCC(C(C)C)C12. The highest BCUT2D eigenvalue weighted by atomic mass is 16.5. The van der Waals surface area contributed by atoms with Gasteiger partial charge >= 0.3 is 5.97 Å². The second kappa shape index (κ2) is 4.38. The van der Waals surface area contributed by atoms with E-state index in [9.17, 15) is 4.79 Å². The Balaban J connectivity index is 2.05. The van der Waals surface area contributed by atoms with Crippen LogP contribution in [0.3, 0.4) is 0 Å². The molecule has 0 heterocycles. The number of ether oxygens (including phenoxy) is 1. The summed E-state index contributed by atoms with van der Waals surface area (Å²) in [4.78, 5) is 11.9. The molecule has 2 fully saturated rings. The van der Waals surface area contributed by atoms with Crippen molar-refractivity contribution in [1.82, 2.24) is 0 Å². The zero-order chi connectivity index (χ0) is 11.9. The molecule has 0 N–H and O–H groups in total. The summed E-state index contributed by atoms with van der Waals surface area (Å²) < 4.78 is 5.20. The minimum Gasteiger partial charge on any atom is -0.466 e. The van der Waals surface area contributed by atoms with Gasteiger partial charge in [0, 0.05) is 0 Å². The number of carbonyl (C=O) groups excluding carboxylic acids is 1. The van der Waals surface area contributed by atoms with Crippen LogP contribution in [-0.4, -0.2) is 12.6 Å². The number of carbonyl (C=O) groups is 1. The smallest absolute Gasteiger partial charge is 0.309 e. The Kier molecular flexibility index (Phi) is 3.27. The molecule has 0 spiro atoms. The molecule has 2 aliphatic carbocycles. The summed E-state index contributed by atoms with van der Waals surface area (Å²) in [5, 5.41) is 0. The van der Waals surface area contributed by atoms with Crippen molar-refractivity contribution in [2.75, 3.05) is 6.61 Å². The molecule has 2 aliphatic rings. The predicted molar refractivity (Wildman–Crippen MR) is 63.8 cm³/mol. The van der Waals surface area contributed by atoms with Crippen LogP contribution in [0.2, 0.25) is 0 Å². The second-order valence-electron chi connectivity index (χ2n) is 5.90. The Hall–Kier alpha value is -0.530. The van der Waals surface area contributed by atoms with Crippen molar-refractivity contribution in [3.05, 3.63) is 0 Å². The molecule has 0 saturated heterocycles. The molecule has 2 heteroatoms. The van der Waals surface area contributed by atoms with Crippen molar-refractivity contribution in [2.24, 2.45) is 35.5 Å². The fourth-order valence-electron chi connectivity index (χ4n) is 3.81. The number of hydrogen-bond donors (Lipinski definition) is 0. The van der Waals surface area contributed by atoms with E-state index in [0.717, 1.165) is 11.8 Å². The Labute approximate surface area is 98.7 Å². The van der Waals surface area contributed by atoms with Crippen LogP contribution in [0.5, 0.6) is 0 Å². The monoisotopic (exact) mass is 224 g/mol. The third-order valence-corrected chi connectivity index (χ3v) is 4.65. The quantitative estimate of drug-likeness (QED) is 0.688. The molecule has 0 aromatic rings. The maximum absolute atomic E-state index is 11.9. The van der Waals surface area contributed by atoms with Crippen molar-refractivity contribution in [3.63, 3.8) is 0 Å². The molecule has 0 aromatic carbocycles. The van der Waals surface area contributed by atoms with E-state index < -0.39 is 0 Å². The van der Waals surface area contributed by atoms with Crippen LogP contribution in [0, 0.1) is 35.5 Å². The van der Waals surface area contributed by atoms with E-state index in [2.05, 4.69) is 20.8 Å². The van der Waals surface area contributed by atoms with Gasteiger partial charge in [0.15, 0.2) is 0 Å². The summed E-state index contributed by atoms with van der Waals surface area (Å²) in [5.74, 6) is 3.72. The zero-order valence-corrected chi connectivity index (χ0v) is 10.9. The third kappa shape index (κ3) is 1.87. The Bertz CT molecular complexity index is 272. The number of hydrogen-bond acceptors (Lipinski definition) is 2. The van der Waals surface area contributed by atoms with Gasteiger partial charge in [-0.1, -0.05) is 27.2 Å². The number of fused-ring (bicyclic) bond motifs is 1. The Morgan fingerprint density at radius 3 is 2.56 bits per heavy atom. The van der Waals surface area contributed by atoms with E-state index in [1.807, 2.05) is 6.92 Å². The van der Waals surface area contributed by atoms with Crippen molar-refractivity contribution in [3.8, 4) is 0 Å². The topological polar surface area (TPSA) is 26.3 Å². The predicted octanol–water partition coefficient (Wildman–Crippen LogP) is 3.11. The fraction of sp³-hybridized carbons (Fsp3) is 0.929. The molecule has 92 valence electrons. The van der Waals surface area contributed by atoms with Crippen LogP contribution in [-0.2, 0) is 9.53 Å². The van der Waals surface area contributed by atoms with Gasteiger partial charge in [-0.25, -0.2) is 0 Å². The first-order chi connectivity index (χ1) is 7.57. The van der Waals surface area contributed by atoms with E-state index in [-0.39, 0.29) is 11.9 Å². The summed E-state index contributed by atoms with van der Waals surface area (Å²) in [6.07, 6.45) is 2.59. The number of esters is 1. The third-order valence-electron chi connectivity index (χ3n) is 4.65. The van der Waals surface area contributed by atoms with Crippen LogP contribution in [0.4, 0.5) is 0 Å². The van der Waals surface area contributed by atoms with Gasteiger partial charge < -0.3 is 4.74 Å². The molecule has 0 amide bonds. The first-order valence-corrected chi connectivity index (χ1v) is 6.74. The first kappa shape index (κ1) is 11.9. The summed E-state index contributed by atoms with van der Waals surface area (Å²) >= 11 is 0. The maximum Gasteiger partial charge on any atom is 0.309 e. The lowest BCUT2D eigenvalue weighted by Gasteiger charge is -2.28. The lowest BCUT2D eigenvalue weighted by Crippen LogP contribution is -2.20. The standard InChI is InChI=1S/C14H24O2/c1-5-16-14(15)13-11-9(4)6-7-10(8(2)3)12(11)13/h8-13H,5-7H2,1-4H3. The summed E-state index contributed by atoms with van der Waals surface area (Å²) in [6.45, 7) is 9.30. The second-order valence-corrected chi connectivity index (χ2v) is 5.90. The van der Waals surface area contributed by atoms with E-state index in [1.165, 1.54) is 12.8 Å². The largest absolute Gasteiger partial charge is 0.466 e. The van der Waals surface area contributed by atoms with E-state index >= 15 is 0 Å². The van der Waals surface area contributed by atoms with Crippen molar-refractivity contribution in [2.45, 2.75) is 40.5 Å². The average molecular weight is 224 g/mol. The molecule has 0 aliphatic heterocycles. The average Bonchev–Trinajstić information content (AvgIpc) is 2.94. The van der Waals surface area contributed by atoms with Crippen molar-refractivity contribution < 1.29 is 9.53 Å². The van der Waals surface area contributed by atoms with Gasteiger partial charge in [-0.05, 0) is 42.9 Å². The number of rotatable bonds is 3. The van der Waals surface area contributed by atoms with Crippen LogP contribution < -0.4 is 0 Å². The van der Waals surface area contributed by atoms with Crippen LogP contribution in [0.15, 0.2) is 0 Å². The van der Waals surface area contributed by atoms with E-state index in [4.69, 9.17) is 4.74 Å². The van der Waals surface area contributed by atoms with Crippen LogP contribution in [0.25, 0.3) is 0 Å². The van der Waals surface area contributed by atoms with Gasteiger partial charge in [-0.15, -0.1) is 0 Å². The molecule has 0 radical (unpaired) electrons. The molecule has 2 saturated carbocycles. The summed E-state index contributed by atoms with van der Waals surface area (Å²) in [6, 6.07) is 0. The molecule has 0 bridgehead atoms. The van der Waals surface area contributed by atoms with Crippen LogP contribution >= 0.6 is 0 Å². The van der Waals surface area contributed by atoms with Crippen LogP contribution in [0.1, 0.15) is 40.5 Å². The molecule has 0 aromatic heterocycles. The van der Waals surface area contributed by atoms with Gasteiger partial charge in [0.25, 0.3) is 0 Å². The van der Waals surface area contributed by atoms with Gasteiger partial charge in [-0.2, -0.15) is 0 Å². The zero-order valence-electron chi connectivity index (χ0n) is 10.9. The fourth-order valence-corrected chi connectivity index (χ4v) is 3.81. The molecule has 2 rings (SSSR count).